The van der Waals surface area contributed by atoms with E-state index in [1.165, 1.54) is 0 Å². The summed E-state index contributed by atoms with van der Waals surface area (Å²) < 4.78 is 12.8. The lowest BCUT2D eigenvalue weighted by atomic mass is 10.1. The van der Waals surface area contributed by atoms with Crippen molar-refractivity contribution in [3.63, 3.8) is 0 Å². The van der Waals surface area contributed by atoms with Crippen molar-refractivity contribution in [1.82, 2.24) is 25.0 Å². The summed E-state index contributed by atoms with van der Waals surface area (Å²) in [5, 5.41) is 15.9. The molecule has 5 rings (SSSR count). The van der Waals surface area contributed by atoms with Crippen LogP contribution in [0.5, 0.6) is 0 Å². The Morgan fingerprint density at radius 3 is 2.88 bits per heavy atom. The zero-order valence-electron chi connectivity index (χ0n) is 18.0. The third kappa shape index (κ3) is 4.45. The Morgan fingerprint density at radius 2 is 1.97 bits per heavy atom. The van der Waals surface area contributed by atoms with Crippen LogP contribution in [0, 0.1) is 11.8 Å². The highest BCUT2D eigenvalue weighted by Crippen LogP contribution is 2.25. The SMILES string of the molecule is CNc1ncc2c3cc(ncc13)NC(=O)COCCOCCn1nnc3ccc(cc31)C#C2. The number of amides is 1. The largest absolute Gasteiger partial charge is 0.377 e. The molecule has 4 aromatic rings. The molecule has 0 spiro atoms. The summed E-state index contributed by atoms with van der Waals surface area (Å²) in [7, 11) is 1.79. The lowest BCUT2D eigenvalue weighted by molar-refractivity contribution is -0.121. The van der Waals surface area contributed by atoms with Gasteiger partial charge in [0.25, 0.3) is 5.91 Å². The van der Waals surface area contributed by atoms with Crippen LogP contribution >= 0.6 is 0 Å². The van der Waals surface area contributed by atoms with Gasteiger partial charge in [0.05, 0.1) is 37.4 Å². The lowest BCUT2D eigenvalue weighted by Gasteiger charge is -2.10. The Labute approximate surface area is 189 Å². The van der Waals surface area contributed by atoms with Crippen molar-refractivity contribution in [2.24, 2.45) is 0 Å². The molecule has 3 aromatic heterocycles. The smallest absolute Gasteiger partial charge is 0.251 e. The second-order valence-electron chi connectivity index (χ2n) is 7.36. The van der Waals surface area contributed by atoms with E-state index in [0.717, 1.165) is 32.9 Å². The first kappa shape index (κ1) is 20.8. The average molecular weight is 443 g/mol. The minimum absolute atomic E-state index is 0.0939. The standard InChI is InChI=1S/C23H21N7O3/c1-24-23-18-13-25-21-11-17(18)16(12-26-23)4-2-15-3-5-19-20(10-15)30(29-28-19)6-7-32-8-9-33-14-22(31)27-21/h3,5,10-13H,6-9,14H2,1H3,(H,24,26)(H,25,27,31). The Bertz CT molecular complexity index is 1400. The molecule has 1 aromatic carbocycles. The van der Waals surface area contributed by atoms with Crippen molar-refractivity contribution >= 4 is 39.3 Å². The molecule has 0 atom stereocenters. The van der Waals surface area contributed by atoms with Gasteiger partial charge in [-0.15, -0.1) is 5.10 Å². The van der Waals surface area contributed by atoms with E-state index < -0.39 is 0 Å². The van der Waals surface area contributed by atoms with Gasteiger partial charge >= 0.3 is 0 Å². The number of nitrogens with zero attached hydrogens (tertiary/aromatic N) is 5. The van der Waals surface area contributed by atoms with E-state index >= 15 is 0 Å². The third-order valence-corrected chi connectivity index (χ3v) is 5.18. The molecule has 10 nitrogen and oxygen atoms in total. The number of fused-ring (bicyclic) bond motifs is 2. The predicted octanol–water partition coefficient (Wildman–Crippen LogP) is 1.80. The van der Waals surface area contributed by atoms with Gasteiger partial charge in [-0.05, 0) is 24.3 Å². The van der Waals surface area contributed by atoms with Crippen molar-refractivity contribution in [1.29, 1.82) is 0 Å². The summed E-state index contributed by atoms with van der Waals surface area (Å²) >= 11 is 0. The summed E-state index contributed by atoms with van der Waals surface area (Å²) in [5.74, 6) is 7.22. The minimum atomic E-state index is -0.295. The number of carbonyl (C=O) groups is 1. The van der Waals surface area contributed by atoms with Crippen LogP contribution in [-0.4, -0.2) is 64.3 Å². The molecule has 0 aliphatic carbocycles. The Hall–Kier alpha value is -4.07. The van der Waals surface area contributed by atoms with Crippen LogP contribution in [0.1, 0.15) is 11.1 Å². The van der Waals surface area contributed by atoms with Crippen molar-refractivity contribution < 1.29 is 14.3 Å². The molecule has 0 saturated heterocycles. The molecule has 0 saturated carbocycles. The number of anilines is 2. The van der Waals surface area contributed by atoms with Gasteiger partial charge in [-0.3, -0.25) is 4.79 Å². The second kappa shape index (κ2) is 9.20. The van der Waals surface area contributed by atoms with Crippen molar-refractivity contribution in [3.8, 4) is 11.8 Å². The maximum atomic E-state index is 12.3. The lowest BCUT2D eigenvalue weighted by Crippen LogP contribution is -2.20. The molecule has 0 fully saturated rings. The maximum absolute atomic E-state index is 12.3. The highest BCUT2D eigenvalue weighted by molar-refractivity contribution is 5.99. The van der Waals surface area contributed by atoms with Gasteiger partial charge in [0, 0.05) is 35.8 Å². The first-order valence-corrected chi connectivity index (χ1v) is 10.5. The molecule has 0 radical (unpaired) electrons. The molecule has 166 valence electrons. The Morgan fingerprint density at radius 1 is 1.06 bits per heavy atom. The zero-order valence-corrected chi connectivity index (χ0v) is 18.0. The summed E-state index contributed by atoms with van der Waals surface area (Å²) in [5.41, 5.74) is 3.22. The zero-order chi connectivity index (χ0) is 22.6. The van der Waals surface area contributed by atoms with Gasteiger partial charge in [-0.2, -0.15) is 0 Å². The summed E-state index contributed by atoms with van der Waals surface area (Å²) in [6.07, 6.45) is 3.38. The summed E-state index contributed by atoms with van der Waals surface area (Å²) in [6.45, 7) is 1.57. The minimum Gasteiger partial charge on any atom is -0.377 e. The molecule has 33 heavy (non-hydrogen) atoms. The quantitative estimate of drug-likeness (QED) is 0.428. The van der Waals surface area contributed by atoms with Gasteiger partial charge < -0.3 is 20.1 Å². The Kier molecular flexibility index (Phi) is 5.80. The number of pyridine rings is 2. The number of carbonyl (C=O) groups excluding carboxylic acids is 1. The van der Waals surface area contributed by atoms with Gasteiger partial charge in [-0.1, -0.05) is 17.1 Å². The number of nitrogens with one attached hydrogen (secondary N) is 2. The van der Waals surface area contributed by atoms with Crippen LogP contribution in [0.3, 0.4) is 0 Å². The molecule has 1 aliphatic rings. The van der Waals surface area contributed by atoms with Crippen LogP contribution in [0.15, 0.2) is 36.7 Å². The number of hydrogen-bond donors (Lipinski definition) is 2. The van der Waals surface area contributed by atoms with Gasteiger partial charge in [0.1, 0.15) is 23.8 Å². The molecular formula is C23H21N7O3. The highest BCUT2D eigenvalue weighted by Gasteiger charge is 2.11. The molecule has 0 unspecified atom stereocenters. The topological polar surface area (TPSA) is 116 Å². The fourth-order valence-corrected chi connectivity index (χ4v) is 3.56. The van der Waals surface area contributed by atoms with Crippen LogP contribution in [0.2, 0.25) is 0 Å². The van der Waals surface area contributed by atoms with Crippen molar-refractivity contribution in [2.45, 2.75) is 6.54 Å². The van der Waals surface area contributed by atoms with E-state index in [-0.39, 0.29) is 12.5 Å². The number of aromatic nitrogens is 5. The molecule has 4 bridgehead atoms. The van der Waals surface area contributed by atoms with Gasteiger partial charge in [0.15, 0.2) is 0 Å². The van der Waals surface area contributed by atoms with E-state index in [9.17, 15) is 4.79 Å². The number of benzene rings is 1. The number of ether oxygens (including phenoxy) is 2. The fraction of sp³-hybridized carbons (Fsp3) is 0.261. The third-order valence-electron chi connectivity index (χ3n) is 5.18. The fourth-order valence-electron chi connectivity index (χ4n) is 3.56. The normalized spacial score (nSPS) is 14.9. The van der Waals surface area contributed by atoms with Crippen LogP contribution < -0.4 is 10.6 Å². The second-order valence-corrected chi connectivity index (χ2v) is 7.36. The van der Waals surface area contributed by atoms with Gasteiger partial charge in [-0.25, -0.2) is 14.6 Å². The van der Waals surface area contributed by atoms with E-state index in [2.05, 4.69) is 42.8 Å². The molecule has 4 heterocycles. The summed E-state index contributed by atoms with van der Waals surface area (Å²) in [6, 6.07) is 7.57. The van der Waals surface area contributed by atoms with Crippen LogP contribution in [0.25, 0.3) is 21.8 Å². The van der Waals surface area contributed by atoms with E-state index in [1.54, 1.807) is 30.2 Å². The first-order valence-electron chi connectivity index (χ1n) is 10.5. The summed E-state index contributed by atoms with van der Waals surface area (Å²) in [4.78, 5) is 21.1. The first-order chi connectivity index (χ1) is 16.2. The van der Waals surface area contributed by atoms with Crippen LogP contribution in [-0.2, 0) is 20.8 Å². The molecule has 1 amide bonds. The molecule has 1 aliphatic heterocycles. The number of rotatable bonds is 1. The average Bonchev–Trinajstić information content (AvgIpc) is 3.23. The molecular weight excluding hydrogens is 422 g/mol. The van der Waals surface area contributed by atoms with Gasteiger partial charge in [0.2, 0.25) is 0 Å². The van der Waals surface area contributed by atoms with Crippen LogP contribution in [0.4, 0.5) is 11.6 Å². The molecule has 2 N–H and O–H groups in total. The number of hydrogen-bond acceptors (Lipinski definition) is 8. The van der Waals surface area contributed by atoms with Crippen molar-refractivity contribution in [3.05, 3.63) is 47.8 Å². The monoisotopic (exact) mass is 443 g/mol. The van der Waals surface area contributed by atoms with E-state index in [0.29, 0.717) is 38.0 Å². The highest BCUT2D eigenvalue weighted by atomic mass is 16.5. The Balaban J connectivity index is 1.60. The predicted molar refractivity (Wildman–Crippen MR) is 123 cm³/mol. The van der Waals surface area contributed by atoms with E-state index in [4.69, 9.17) is 9.47 Å². The maximum Gasteiger partial charge on any atom is 0.251 e. The van der Waals surface area contributed by atoms with Crippen molar-refractivity contribution in [2.75, 3.05) is 44.1 Å². The van der Waals surface area contributed by atoms with E-state index in [1.807, 2.05) is 18.2 Å². The molecule has 10 heteroatoms.